The minimum Gasteiger partial charge on any atom is -0.481 e. The molecule has 2 rings (SSSR count). The Bertz CT molecular complexity index is 484. The van der Waals surface area contributed by atoms with Crippen LogP contribution in [0.4, 0.5) is 0 Å². The van der Waals surface area contributed by atoms with Gasteiger partial charge in [-0.2, -0.15) is 0 Å². The largest absolute Gasteiger partial charge is 0.481 e. The van der Waals surface area contributed by atoms with Crippen LogP contribution in [-0.2, 0) is 4.79 Å². The van der Waals surface area contributed by atoms with Crippen molar-refractivity contribution in [3.05, 3.63) is 35.4 Å². The van der Waals surface area contributed by atoms with Crippen molar-refractivity contribution in [3.8, 4) is 0 Å². The van der Waals surface area contributed by atoms with Gasteiger partial charge in [0.25, 0.3) is 5.91 Å². The summed E-state index contributed by atoms with van der Waals surface area (Å²) in [5.41, 5.74) is 1.60. The Labute approximate surface area is 112 Å². The van der Waals surface area contributed by atoms with E-state index in [1.54, 1.807) is 6.07 Å². The molecule has 19 heavy (non-hydrogen) atoms. The van der Waals surface area contributed by atoms with Crippen LogP contribution in [0.5, 0.6) is 0 Å². The van der Waals surface area contributed by atoms with Crippen LogP contribution in [0.2, 0.25) is 0 Å². The van der Waals surface area contributed by atoms with Crippen molar-refractivity contribution in [2.24, 2.45) is 5.92 Å². The van der Waals surface area contributed by atoms with Gasteiger partial charge in [0.15, 0.2) is 0 Å². The molecule has 0 saturated heterocycles. The molecule has 4 heteroatoms. The molecule has 1 aliphatic carbocycles. The van der Waals surface area contributed by atoms with E-state index in [9.17, 15) is 9.59 Å². The molecule has 2 unspecified atom stereocenters. The maximum Gasteiger partial charge on any atom is 0.306 e. The van der Waals surface area contributed by atoms with Gasteiger partial charge in [-0.3, -0.25) is 9.59 Å². The highest BCUT2D eigenvalue weighted by molar-refractivity contribution is 5.95. The number of hydrogen-bond donors (Lipinski definition) is 2. The van der Waals surface area contributed by atoms with Crippen molar-refractivity contribution < 1.29 is 14.7 Å². The summed E-state index contributed by atoms with van der Waals surface area (Å²) in [7, 11) is 0. The first kappa shape index (κ1) is 13.6. The highest BCUT2D eigenvalue weighted by atomic mass is 16.4. The highest BCUT2D eigenvalue weighted by Crippen LogP contribution is 2.24. The second-order valence-electron chi connectivity index (χ2n) is 5.19. The average molecular weight is 261 g/mol. The average Bonchev–Trinajstić information content (AvgIpc) is 2.39. The maximum atomic E-state index is 12.2. The van der Waals surface area contributed by atoms with Crippen LogP contribution in [0.25, 0.3) is 0 Å². The minimum absolute atomic E-state index is 0.0260. The Morgan fingerprint density at radius 2 is 2.00 bits per heavy atom. The lowest BCUT2D eigenvalue weighted by atomic mass is 9.85. The molecule has 1 amide bonds. The lowest BCUT2D eigenvalue weighted by Gasteiger charge is -2.27. The predicted octanol–water partition coefficient (Wildman–Crippen LogP) is 2.37. The number of hydrogen-bond acceptors (Lipinski definition) is 2. The smallest absolute Gasteiger partial charge is 0.306 e. The molecule has 1 fully saturated rings. The fourth-order valence-electron chi connectivity index (χ4n) is 2.64. The summed E-state index contributed by atoms with van der Waals surface area (Å²) in [4.78, 5) is 23.1. The topological polar surface area (TPSA) is 66.4 Å². The number of carboxylic acids is 1. The zero-order chi connectivity index (χ0) is 13.8. The molecule has 1 aromatic rings. The second-order valence-corrected chi connectivity index (χ2v) is 5.19. The molecule has 4 nitrogen and oxygen atoms in total. The van der Waals surface area contributed by atoms with Gasteiger partial charge in [-0.1, -0.05) is 24.6 Å². The first-order valence-electron chi connectivity index (χ1n) is 6.67. The number of carbonyl (C=O) groups is 2. The van der Waals surface area contributed by atoms with Crippen LogP contribution >= 0.6 is 0 Å². The molecule has 0 aliphatic heterocycles. The third-order valence-corrected chi connectivity index (χ3v) is 3.75. The van der Waals surface area contributed by atoms with Crippen molar-refractivity contribution in [2.75, 3.05) is 0 Å². The molecule has 0 aromatic heterocycles. The Kier molecular flexibility index (Phi) is 4.20. The lowest BCUT2D eigenvalue weighted by Crippen LogP contribution is -2.40. The van der Waals surface area contributed by atoms with Crippen LogP contribution in [-0.4, -0.2) is 23.0 Å². The van der Waals surface area contributed by atoms with Gasteiger partial charge in [-0.15, -0.1) is 0 Å². The van der Waals surface area contributed by atoms with Gasteiger partial charge in [0.1, 0.15) is 0 Å². The molecule has 1 saturated carbocycles. The summed E-state index contributed by atoms with van der Waals surface area (Å²) in [5.74, 6) is -1.18. The van der Waals surface area contributed by atoms with Gasteiger partial charge in [-0.25, -0.2) is 0 Å². The van der Waals surface area contributed by atoms with E-state index in [-0.39, 0.29) is 17.9 Å². The molecule has 102 valence electrons. The Hall–Kier alpha value is -1.84. The van der Waals surface area contributed by atoms with Gasteiger partial charge < -0.3 is 10.4 Å². The van der Waals surface area contributed by atoms with Crippen LogP contribution in [0.1, 0.15) is 41.6 Å². The number of nitrogens with one attached hydrogen (secondary N) is 1. The van der Waals surface area contributed by atoms with E-state index >= 15 is 0 Å². The Morgan fingerprint density at radius 3 is 2.68 bits per heavy atom. The number of aliphatic carboxylic acids is 1. The van der Waals surface area contributed by atoms with E-state index in [1.165, 1.54) is 0 Å². The number of carbonyl (C=O) groups excluding carboxylic acids is 1. The number of rotatable bonds is 3. The Morgan fingerprint density at radius 1 is 1.26 bits per heavy atom. The molecule has 2 atom stereocenters. The van der Waals surface area contributed by atoms with Gasteiger partial charge >= 0.3 is 5.97 Å². The molecule has 1 aliphatic rings. The van der Waals surface area contributed by atoms with E-state index in [0.717, 1.165) is 18.4 Å². The lowest BCUT2D eigenvalue weighted by molar-refractivity contribution is -0.143. The van der Waals surface area contributed by atoms with E-state index < -0.39 is 5.97 Å². The quantitative estimate of drug-likeness (QED) is 0.877. The van der Waals surface area contributed by atoms with Crippen LogP contribution in [0, 0.1) is 12.8 Å². The number of carboxylic acid groups (broad SMARTS) is 1. The van der Waals surface area contributed by atoms with Crippen molar-refractivity contribution in [1.82, 2.24) is 5.32 Å². The first-order chi connectivity index (χ1) is 9.08. The summed E-state index contributed by atoms with van der Waals surface area (Å²) < 4.78 is 0. The molecule has 0 bridgehead atoms. The molecular weight excluding hydrogens is 242 g/mol. The van der Waals surface area contributed by atoms with E-state index in [1.807, 2.05) is 25.1 Å². The summed E-state index contributed by atoms with van der Waals surface area (Å²) in [6, 6.07) is 7.40. The van der Waals surface area contributed by atoms with Crippen LogP contribution in [0.3, 0.4) is 0 Å². The zero-order valence-corrected chi connectivity index (χ0v) is 11.1. The van der Waals surface area contributed by atoms with Gasteiger partial charge in [0.2, 0.25) is 0 Å². The minimum atomic E-state index is -0.755. The molecule has 0 spiro atoms. The monoisotopic (exact) mass is 261 g/mol. The van der Waals surface area contributed by atoms with Crippen LogP contribution < -0.4 is 5.32 Å². The molecule has 2 N–H and O–H groups in total. The number of amides is 1. The van der Waals surface area contributed by atoms with Crippen molar-refractivity contribution in [1.29, 1.82) is 0 Å². The summed E-state index contributed by atoms with van der Waals surface area (Å²) in [5, 5.41) is 12.0. The third kappa shape index (κ3) is 3.34. The number of benzene rings is 1. The fourth-order valence-corrected chi connectivity index (χ4v) is 2.64. The normalized spacial score (nSPS) is 22.8. The molecule has 0 radical (unpaired) electrons. The van der Waals surface area contributed by atoms with E-state index in [0.29, 0.717) is 18.4 Å². The summed E-state index contributed by atoms with van der Waals surface area (Å²) in [6.45, 7) is 1.90. The molecule has 0 heterocycles. The summed E-state index contributed by atoms with van der Waals surface area (Å²) in [6.07, 6.45) is 2.97. The van der Waals surface area contributed by atoms with Crippen LogP contribution in [0.15, 0.2) is 24.3 Å². The maximum absolute atomic E-state index is 12.2. The molecular formula is C15H19NO3. The van der Waals surface area contributed by atoms with E-state index in [4.69, 9.17) is 5.11 Å². The summed E-state index contributed by atoms with van der Waals surface area (Å²) >= 11 is 0. The number of aryl methyl sites for hydroxylation is 1. The second kappa shape index (κ2) is 5.87. The third-order valence-electron chi connectivity index (χ3n) is 3.75. The van der Waals surface area contributed by atoms with Crippen molar-refractivity contribution in [3.63, 3.8) is 0 Å². The highest BCUT2D eigenvalue weighted by Gasteiger charge is 2.28. The van der Waals surface area contributed by atoms with Gasteiger partial charge in [-0.05, 0) is 37.8 Å². The first-order valence-corrected chi connectivity index (χ1v) is 6.67. The molecule has 1 aromatic carbocycles. The van der Waals surface area contributed by atoms with Crippen molar-refractivity contribution in [2.45, 2.75) is 38.6 Å². The predicted molar refractivity (Wildman–Crippen MR) is 72.0 cm³/mol. The fraction of sp³-hybridized carbons (Fsp3) is 0.467. The standard InChI is InChI=1S/C15H19NO3/c1-10-5-2-3-8-13(10)14(17)16-12-7-4-6-11(9-12)15(18)19/h2-3,5,8,11-12H,4,6-7,9H2,1H3,(H,16,17)(H,18,19). The zero-order valence-electron chi connectivity index (χ0n) is 11.1. The Balaban J connectivity index is 1.99. The van der Waals surface area contributed by atoms with E-state index in [2.05, 4.69) is 5.32 Å². The SMILES string of the molecule is Cc1ccccc1C(=O)NC1CCCC(C(=O)O)C1. The van der Waals surface area contributed by atoms with Gasteiger partial charge in [0, 0.05) is 11.6 Å². The van der Waals surface area contributed by atoms with Crippen molar-refractivity contribution >= 4 is 11.9 Å². The van der Waals surface area contributed by atoms with Gasteiger partial charge in [0.05, 0.1) is 5.92 Å².